The smallest absolute Gasteiger partial charge is 0.333 e. The highest BCUT2D eigenvalue weighted by Crippen LogP contribution is 2.42. The highest BCUT2D eigenvalue weighted by molar-refractivity contribution is 5.86. The summed E-state index contributed by atoms with van der Waals surface area (Å²) in [6, 6.07) is 0. The summed E-state index contributed by atoms with van der Waals surface area (Å²) in [6.07, 6.45) is 0.951. The van der Waals surface area contributed by atoms with Crippen LogP contribution in [0.5, 0.6) is 0 Å². The van der Waals surface area contributed by atoms with Gasteiger partial charge in [0, 0.05) is 5.57 Å². The number of hydrogen-bond acceptors (Lipinski definition) is 3. The zero-order valence-electron chi connectivity index (χ0n) is 14.2. The van der Waals surface area contributed by atoms with Crippen LogP contribution >= 0.6 is 0 Å². The van der Waals surface area contributed by atoms with E-state index in [4.69, 9.17) is 4.74 Å². The first-order chi connectivity index (χ1) is 8.85. The molecule has 0 aliphatic heterocycles. The van der Waals surface area contributed by atoms with E-state index in [0.29, 0.717) is 17.9 Å². The molecule has 0 heterocycles. The van der Waals surface area contributed by atoms with E-state index in [1.54, 1.807) is 6.92 Å². The van der Waals surface area contributed by atoms with Gasteiger partial charge in [-0.15, -0.1) is 0 Å². The molecular formula is C17H32O3. The minimum atomic E-state index is -0.606. The fraction of sp³-hybridized carbons (Fsp3) is 0.824. The molecule has 1 N–H and O–H groups in total. The van der Waals surface area contributed by atoms with Crippen LogP contribution in [0.25, 0.3) is 0 Å². The predicted molar refractivity (Wildman–Crippen MR) is 83.4 cm³/mol. The summed E-state index contributed by atoms with van der Waals surface area (Å²) in [6.45, 7) is 18.6. The minimum absolute atomic E-state index is 0.0483. The summed E-state index contributed by atoms with van der Waals surface area (Å²) in [7, 11) is 0. The molecule has 0 bridgehead atoms. The van der Waals surface area contributed by atoms with E-state index >= 15 is 0 Å². The first kappa shape index (κ1) is 19.2. The lowest BCUT2D eigenvalue weighted by atomic mass is 9.64. The minimum Gasteiger partial charge on any atom is -0.460 e. The van der Waals surface area contributed by atoms with Crippen LogP contribution in [-0.2, 0) is 9.53 Å². The molecule has 1 unspecified atom stereocenters. The lowest BCUT2D eigenvalue weighted by Gasteiger charge is -2.41. The van der Waals surface area contributed by atoms with Gasteiger partial charge < -0.3 is 9.84 Å². The number of ether oxygens (including phenoxy) is 1. The molecule has 0 aromatic heterocycles. The third-order valence-corrected chi connectivity index (χ3v) is 3.63. The number of aliphatic hydroxyl groups excluding tert-OH is 1. The maximum atomic E-state index is 11.3. The molecule has 0 aromatic rings. The molecule has 0 aliphatic rings. The Balaban J connectivity index is 4.36. The van der Waals surface area contributed by atoms with Gasteiger partial charge in [0.1, 0.15) is 6.61 Å². The van der Waals surface area contributed by atoms with Crippen LogP contribution in [0, 0.1) is 16.7 Å². The van der Waals surface area contributed by atoms with Crippen molar-refractivity contribution in [3.63, 3.8) is 0 Å². The topological polar surface area (TPSA) is 46.5 Å². The number of aliphatic hydroxyl groups is 1. The monoisotopic (exact) mass is 284 g/mol. The van der Waals surface area contributed by atoms with Gasteiger partial charge in [0.2, 0.25) is 0 Å². The molecule has 0 fully saturated rings. The summed E-state index contributed by atoms with van der Waals surface area (Å²) < 4.78 is 4.98. The third-order valence-electron chi connectivity index (χ3n) is 3.63. The molecule has 0 saturated carbocycles. The van der Waals surface area contributed by atoms with Gasteiger partial charge in [-0.05, 0) is 36.5 Å². The first-order valence-corrected chi connectivity index (χ1v) is 7.36. The van der Waals surface area contributed by atoms with E-state index in [2.05, 4.69) is 48.1 Å². The molecule has 3 nitrogen and oxygen atoms in total. The molecule has 0 amide bonds. The van der Waals surface area contributed by atoms with E-state index < -0.39 is 12.1 Å². The fourth-order valence-corrected chi connectivity index (χ4v) is 2.90. The molecular weight excluding hydrogens is 252 g/mol. The van der Waals surface area contributed by atoms with Crippen molar-refractivity contribution in [2.24, 2.45) is 16.7 Å². The standard InChI is InChI=1S/C17H32O3/c1-12(2)15(19)20-11-13(18)9-10-14(16(3,4)5)17(6,7)8/h13-14,18H,1,9-11H2,2-8H3. The van der Waals surface area contributed by atoms with Gasteiger partial charge in [0.05, 0.1) is 6.10 Å². The lowest BCUT2D eigenvalue weighted by molar-refractivity contribution is -0.142. The average Bonchev–Trinajstić information content (AvgIpc) is 2.21. The Morgan fingerprint density at radius 1 is 1.10 bits per heavy atom. The highest BCUT2D eigenvalue weighted by atomic mass is 16.5. The molecule has 0 saturated heterocycles. The molecule has 0 spiro atoms. The first-order valence-electron chi connectivity index (χ1n) is 7.36. The number of esters is 1. The van der Waals surface area contributed by atoms with Crippen LogP contribution in [0.4, 0.5) is 0 Å². The number of carbonyl (C=O) groups is 1. The van der Waals surface area contributed by atoms with Gasteiger partial charge in [0.15, 0.2) is 0 Å². The van der Waals surface area contributed by atoms with E-state index in [0.717, 1.165) is 6.42 Å². The Labute approximate surface area is 124 Å². The quantitative estimate of drug-likeness (QED) is 0.593. The third kappa shape index (κ3) is 7.09. The van der Waals surface area contributed by atoms with Gasteiger partial charge >= 0.3 is 5.97 Å². The molecule has 0 rings (SSSR count). The Kier molecular flexibility index (Phi) is 6.96. The summed E-state index contributed by atoms with van der Waals surface area (Å²) in [4.78, 5) is 11.3. The van der Waals surface area contributed by atoms with Crippen LogP contribution in [-0.4, -0.2) is 23.8 Å². The zero-order valence-corrected chi connectivity index (χ0v) is 14.2. The Morgan fingerprint density at radius 3 is 1.90 bits per heavy atom. The highest BCUT2D eigenvalue weighted by Gasteiger charge is 2.34. The summed E-state index contributed by atoms with van der Waals surface area (Å²) >= 11 is 0. The second kappa shape index (κ2) is 7.26. The van der Waals surface area contributed by atoms with Gasteiger partial charge in [0.25, 0.3) is 0 Å². The van der Waals surface area contributed by atoms with Crippen LogP contribution < -0.4 is 0 Å². The van der Waals surface area contributed by atoms with Crippen LogP contribution in [0.3, 0.4) is 0 Å². The molecule has 0 radical (unpaired) electrons. The summed E-state index contributed by atoms with van der Waals surface area (Å²) in [5.74, 6) is 0.0498. The second-order valence-electron chi connectivity index (χ2n) is 7.89. The van der Waals surface area contributed by atoms with Gasteiger partial charge in [-0.2, -0.15) is 0 Å². The van der Waals surface area contributed by atoms with Crippen molar-refractivity contribution < 1.29 is 14.6 Å². The Hall–Kier alpha value is -0.830. The van der Waals surface area contributed by atoms with E-state index in [1.807, 2.05) is 0 Å². The SMILES string of the molecule is C=C(C)C(=O)OCC(O)CCC(C(C)(C)C)C(C)(C)C. The lowest BCUT2D eigenvalue weighted by Crippen LogP contribution is -2.33. The van der Waals surface area contributed by atoms with Crippen molar-refractivity contribution in [3.8, 4) is 0 Å². The van der Waals surface area contributed by atoms with E-state index in [9.17, 15) is 9.90 Å². The fourth-order valence-electron chi connectivity index (χ4n) is 2.90. The van der Waals surface area contributed by atoms with Crippen molar-refractivity contribution in [2.45, 2.75) is 67.4 Å². The Bertz CT molecular complexity index is 317. The van der Waals surface area contributed by atoms with Gasteiger partial charge in [-0.3, -0.25) is 0 Å². The predicted octanol–water partition coefficient (Wildman–Crippen LogP) is 3.96. The summed E-state index contributed by atoms with van der Waals surface area (Å²) in [5, 5.41) is 9.95. The van der Waals surface area contributed by atoms with Crippen molar-refractivity contribution >= 4 is 5.97 Å². The average molecular weight is 284 g/mol. The van der Waals surface area contributed by atoms with Crippen molar-refractivity contribution in [2.75, 3.05) is 6.61 Å². The molecule has 1 atom stereocenters. The normalized spacial score (nSPS) is 14.2. The molecule has 3 heteroatoms. The maximum Gasteiger partial charge on any atom is 0.333 e. The molecule has 118 valence electrons. The number of rotatable bonds is 6. The zero-order chi connectivity index (χ0) is 16.1. The number of carbonyl (C=O) groups excluding carboxylic acids is 1. The second-order valence-corrected chi connectivity index (χ2v) is 7.89. The van der Waals surface area contributed by atoms with Crippen molar-refractivity contribution in [1.29, 1.82) is 0 Å². The van der Waals surface area contributed by atoms with Crippen LogP contribution in [0.15, 0.2) is 12.2 Å². The number of hydrogen-bond donors (Lipinski definition) is 1. The molecule has 0 aromatic carbocycles. The largest absolute Gasteiger partial charge is 0.460 e. The van der Waals surface area contributed by atoms with Crippen LogP contribution in [0.1, 0.15) is 61.3 Å². The van der Waals surface area contributed by atoms with Gasteiger partial charge in [-0.1, -0.05) is 48.1 Å². The van der Waals surface area contributed by atoms with Crippen molar-refractivity contribution in [3.05, 3.63) is 12.2 Å². The maximum absolute atomic E-state index is 11.3. The van der Waals surface area contributed by atoms with E-state index in [-0.39, 0.29) is 17.4 Å². The molecule has 20 heavy (non-hydrogen) atoms. The molecule has 0 aliphatic carbocycles. The van der Waals surface area contributed by atoms with E-state index in [1.165, 1.54) is 0 Å². The van der Waals surface area contributed by atoms with Gasteiger partial charge in [-0.25, -0.2) is 4.79 Å². The van der Waals surface area contributed by atoms with Crippen molar-refractivity contribution in [1.82, 2.24) is 0 Å². The summed E-state index contributed by atoms with van der Waals surface area (Å²) in [5.41, 5.74) is 0.734. The Morgan fingerprint density at radius 2 is 1.55 bits per heavy atom. The van der Waals surface area contributed by atoms with Crippen LogP contribution in [0.2, 0.25) is 0 Å².